The van der Waals surface area contributed by atoms with Crippen LogP contribution in [0, 0.1) is 0 Å². The van der Waals surface area contributed by atoms with Gasteiger partial charge in [0.1, 0.15) is 6.61 Å². The third kappa shape index (κ3) is 2.20. The molecule has 3 aromatic carbocycles. The number of fused-ring (bicyclic) bond motifs is 3. The van der Waals surface area contributed by atoms with E-state index in [0.29, 0.717) is 6.61 Å². The first-order valence-corrected chi connectivity index (χ1v) is 6.66. The minimum atomic E-state index is -0.341. The number of hydrogen-bond donors (Lipinski definition) is 1. The summed E-state index contributed by atoms with van der Waals surface area (Å²) in [6, 6.07) is 18.7. The molecular formula is C17H14ClNO2. The first-order chi connectivity index (χ1) is 9.83. The number of amides is 1. The molecule has 1 aliphatic heterocycles. The van der Waals surface area contributed by atoms with Crippen LogP contribution in [0.1, 0.15) is 11.6 Å². The Morgan fingerprint density at radius 3 is 2.33 bits per heavy atom. The summed E-state index contributed by atoms with van der Waals surface area (Å²) in [4.78, 5) is 11.3. The largest absolute Gasteiger partial charge is 0.447 e. The van der Waals surface area contributed by atoms with Crippen LogP contribution in [0.4, 0.5) is 4.79 Å². The van der Waals surface area contributed by atoms with Gasteiger partial charge in [-0.15, -0.1) is 12.4 Å². The zero-order valence-corrected chi connectivity index (χ0v) is 12.0. The van der Waals surface area contributed by atoms with E-state index in [-0.39, 0.29) is 24.5 Å². The lowest BCUT2D eigenvalue weighted by Gasteiger charge is -2.14. The van der Waals surface area contributed by atoms with E-state index < -0.39 is 0 Å². The van der Waals surface area contributed by atoms with E-state index in [9.17, 15) is 4.79 Å². The maximum atomic E-state index is 11.3. The SMILES string of the molecule is Cl.O=C1N[C@H](c2cc3ccccc3c3ccccc23)CO1. The second kappa shape index (κ2) is 5.26. The van der Waals surface area contributed by atoms with Crippen LogP contribution in [0.2, 0.25) is 0 Å². The van der Waals surface area contributed by atoms with Crippen molar-refractivity contribution < 1.29 is 9.53 Å². The number of rotatable bonds is 1. The highest BCUT2D eigenvalue weighted by Crippen LogP contribution is 2.33. The standard InChI is InChI=1S/C17H13NO2.ClH/c19-17-18-16(10-20-17)15-9-11-5-1-2-6-12(11)13-7-3-4-8-14(13)15;/h1-9,16H,10H2,(H,18,19);1H/t16-;/m0./s1. The van der Waals surface area contributed by atoms with Crippen molar-refractivity contribution in [2.75, 3.05) is 6.61 Å². The summed E-state index contributed by atoms with van der Waals surface area (Å²) in [6.07, 6.45) is -0.341. The molecule has 21 heavy (non-hydrogen) atoms. The summed E-state index contributed by atoms with van der Waals surface area (Å²) in [5.74, 6) is 0. The van der Waals surface area contributed by atoms with Crippen molar-refractivity contribution in [2.45, 2.75) is 6.04 Å². The monoisotopic (exact) mass is 299 g/mol. The first-order valence-electron chi connectivity index (χ1n) is 6.66. The van der Waals surface area contributed by atoms with Crippen molar-refractivity contribution >= 4 is 40.0 Å². The van der Waals surface area contributed by atoms with Gasteiger partial charge in [-0.05, 0) is 33.2 Å². The fourth-order valence-corrected chi connectivity index (χ4v) is 2.92. The van der Waals surface area contributed by atoms with Crippen molar-refractivity contribution in [2.24, 2.45) is 0 Å². The second-order valence-electron chi connectivity index (χ2n) is 5.03. The van der Waals surface area contributed by atoms with Crippen LogP contribution in [0.15, 0.2) is 54.6 Å². The highest BCUT2D eigenvalue weighted by Gasteiger charge is 2.25. The molecule has 1 fully saturated rings. The number of hydrogen-bond acceptors (Lipinski definition) is 2. The molecular weight excluding hydrogens is 286 g/mol. The highest BCUT2D eigenvalue weighted by molar-refractivity contribution is 6.09. The van der Waals surface area contributed by atoms with Gasteiger partial charge in [0, 0.05) is 0 Å². The second-order valence-corrected chi connectivity index (χ2v) is 5.03. The van der Waals surface area contributed by atoms with E-state index >= 15 is 0 Å². The number of benzene rings is 3. The Morgan fingerprint density at radius 2 is 1.62 bits per heavy atom. The lowest BCUT2D eigenvalue weighted by Crippen LogP contribution is -2.18. The van der Waals surface area contributed by atoms with E-state index in [2.05, 4.69) is 41.7 Å². The van der Waals surface area contributed by atoms with E-state index in [1.54, 1.807) is 0 Å². The van der Waals surface area contributed by atoms with E-state index in [1.807, 2.05) is 18.2 Å². The van der Waals surface area contributed by atoms with Gasteiger partial charge in [-0.3, -0.25) is 0 Å². The molecule has 106 valence electrons. The fraction of sp³-hybridized carbons (Fsp3) is 0.118. The molecule has 3 nitrogen and oxygen atoms in total. The van der Waals surface area contributed by atoms with Crippen molar-refractivity contribution in [3.8, 4) is 0 Å². The maximum Gasteiger partial charge on any atom is 0.407 e. The molecule has 0 bridgehead atoms. The number of halogens is 1. The molecule has 3 aromatic rings. The summed E-state index contributed by atoms with van der Waals surface area (Å²) in [7, 11) is 0. The first kappa shape index (κ1) is 13.7. The Hall–Kier alpha value is -2.26. The summed E-state index contributed by atoms with van der Waals surface area (Å²) in [5.41, 5.74) is 1.12. The van der Waals surface area contributed by atoms with Crippen LogP contribution in [-0.2, 0) is 4.74 Å². The number of carbonyl (C=O) groups is 1. The average molecular weight is 300 g/mol. The van der Waals surface area contributed by atoms with E-state index in [1.165, 1.54) is 21.5 Å². The molecule has 1 atom stereocenters. The number of cyclic esters (lactones) is 1. The Kier molecular flexibility index (Phi) is 3.43. The van der Waals surface area contributed by atoms with Crippen LogP contribution in [0.5, 0.6) is 0 Å². The van der Waals surface area contributed by atoms with Gasteiger partial charge in [-0.2, -0.15) is 0 Å². The fourth-order valence-electron chi connectivity index (χ4n) is 2.92. The summed E-state index contributed by atoms with van der Waals surface area (Å²) >= 11 is 0. The van der Waals surface area contributed by atoms with Gasteiger partial charge in [0.15, 0.2) is 0 Å². The van der Waals surface area contributed by atoms with E-state index in [0.717, 1.165) is 5.56 Å². The quantitative estimate of drug-likeness (QED) is 0.684. The molecule has 0 saturated carbocycles. The van der Waals surface area contributed by atoms with Crippen LogP contribution in [-0.4, -0.2) is 12.7 Å². The predicted molar refractivity (Wildman–Crippen MR) is 85.9 cm³/mol. The predicted octanol–water partition coefficient (Wildman–Crippen LogP) is 4.20. The Labute approximate surface area is 128 Å². The number of alkyl carbamates (subject to hydrolysis) is 1. The summed E-state index contributed by atoms with van der Waals surface area (Å²) in [6.45, 7) is 0.390. The molecule has 0 aliphatic carbocycles. The minimum Gasteiger partial charge on any atom is -0.447 e. The molecule has 0 unspecified atom stereocenters. The van der Waals surface area contributed by atoms with Crippen LogP contribution in [0.25, 0.3) is 21.5 Å². The lowest BCUT2D eigenvalue weighted by atomic mass is 9.94. The molecule has 1 heterocycles. The summed E-state index contributed by atoms with van der Waals surface area (Å²) < 4.78 is 5.03. The van der Waals surface area contributed by atoms with Crippen molar-refractivity contribution in [1.29, 1.82) is 0 Å². The minimum absolute atomic E-state index is 0. The van der Waals surface area contributed by atoms with Crippen LogP contribution < -0.4 is 5.32 Å². The molecule has 0 radical (unpaired) electrons. The number of ether oxygens (including phenoxy) is 1. The number of carbonyl (C=O) groups excluding carboxylic acids is 1. The van der Waals surface area contributed by atoms with Crippen molar-refractivity contribution in [3.63, 3.8) is 0 Å². The van der Waals surface area contributed by atoms with Gasteiger partial charge in [0.25, 0.3) is 0 Å². The maximum absolute atomic E-state index is 11.3. The third-order valence-electron chi connectivity index (χ3n) is 3.85. The average Bonchev–Trinajstić information content (AvgIpc) is 2.93. The van der Waals surface area contributed by atoms with Gasteiger partial charge in [-0.25, -0.2) is 4.79 Å². The molecule has 4 heteroatoms. The van der Waals surface area contributed by atoms with E-state index in [4.69, 9.17) is 4.74 Å². The highest BCUT2D eigenvalue weighted by atomic mass is 35.5. The Bertz CT molecular complexity index is 831. The molecule has 4 rings (SSSR count). The normalized spacial score (nSPS) is 17.3. The Balaban J connectivity index is 0.00000132. The topological polar surface area (TPSA) is 38.3 Å². The van der Waals surface area contributed by atoms with Crippen LogP contribution >= 0.6 is 12.4 Å². The zero-order valence-electron chi connectivity index (χ0n) is 11.2. The van der Waals surface area contributed by atoms with Gasteiger partial charge >= 0.3 is 6.09 Å². The molecule has 1 amide bonds. The molecule has 0 spiro atoms. The van der Waals surface area contributed by atoms with Gasteiger partial charge in [-0.1, -0.05) is 48.5 Å². The molecule has 1 aliphatic rings. The van der Waals surface area contributed by atoms with Crippen molar-refractivity contribution in [3.05, 3.63) is 60.2 Å². The third-order valence-corrected chi connectivity index (χ3v) is 3.85. The van der Waals surface area contributed by atoms with Crippen molar-refractivity contribution in [1.82, 2.24) is 5.32 Å². The smallest absolute Gasteiger partial charge is 0.407 e. The summed E-state index contributed by atoms with van der Waals surface area (Å²) in [5, 5.41) is 7.66. The molecule has 1 N–H and O–H groups in total. The van der Waals surface area contributed by atoms with Gasteiger partial charge in [0.2, 0.25) is 0 Å². The van der Waals surface area contributed by atoms with Crippen LogP contribution in [0.3, 0.4) is 0 Å². The van der Waals surface area contributed by atoms with Gasteiger partial charge in [0.05, 0.1) is 6.04 Å². The van der Waals surface area contributed by atoms with Gasteiger partial charge < -0.3 is 10.1 Å². The lowest BCUT2D eigenvalue weighted by molar-refractivity contribution is 0.177. The zero-order chi connectivity index (χ0) is 13.5. The number of nitrogens with one attached hydrogen (secondary N) is 1. The molecule has 1 saturated heterocycles. The molecule has 0 aromatic heterocycles. The Morgan fingerprint density at radius 1 is 0.952 bits per heavy atom.